The summed E-state index contributed by atoms with van der Waals surface area (Å²) in [7, 11) is 1.66. The fourth-order valence-corrected chi connectivity index (χ4v) is 3.13. The summed E-state index contributed by atoms with van der Waals surface area (Å²) < 4.78 is 1.48. The Labute approximate surface area is 149 Å². The third kappa shape index (κ3) is 2.79. The van der Waals surface area contributed by atoms with E-state index in [0.29, 0.717) is 43.2 Å². The van der Waals surface area contributed by atoms with E-state index in [1.165, 1.54) is 4.57 Å². The lowest BCUT2D eigenvalue weighted by molar-refractivity contribution is 0.0738. The number of hydrogen-bond acceptors (Lipinski definition) is 6. The molecule has 26 heavy (non-hydrogen) atoms. The number of benzene rings is 1. The highest BCUT2D eigenvalue weighted by Gasteiger charge is 2.26. The fraction of sp³-hybridized carbons (Fsp3) is 0.278. The zero-order valence-corrected chi connectivity index (χ0v) is 14.4. The number of carbonyl (C=O) groups is 1. The molecule has 1 aliphatic rings. The highest BCUT2D eigenvalue weighted by atomic mass is 16.2. The van der Waals surface area contributed by atoms with E-state index >= 15 is 0 Å². The summed E-state index contributed by atoms with van der Waals surface area (Å²) in [6.07, 6.45) is 3.39. The van der Waals surface area contributed by atoms with Crippen molar-refractivity contribution in [3.63, 3.8) is 0 Å². The summed E-state index contributed by atoms with van der Waals surface area (Å²) in [4.78, 5) is 41.9. The van der Waals surface area contributed by atoms with Gasteiger partial charge in [-0.15, -0.1) is 0 Å². The van der Waals surface area contributed by atoms with Crippen molar-refractivity contribution >= 4 is 22.9 Å². The minimum Gasteiger partial charge on any atom is -0.337 e. The monoisotopic (exact) mass is 350 g/mol. The number of amides is 1. The standard InChI is InChI=1S/C18H18N6O2/c1-22-14-6-3-2-5-13(14)21-15(16(22)25)17(26)23-9-11-24(12-10-23)18-19-7-4-8-20-18/h2-8H,9-12H2,1H3. The maximum atomic E-state index is 12.9. The Morgan fingerprint density at radius 1 is 1.00 bits per heavy atom. The van der Waals surface area contributed by atoms with E-state index in [1.807, 2.05) is 23.1 Å². The number of piperazine rings is 1. The maximum Gasteiger partial charge on any atom is 0.282 e. The van der Waals surface area contributed by atoms with Crippen LogP contribution in [0, 0.1) is 0 Å². The number of para-hydroxylation sites is 2. The van der Waals surface area contributed by atoms with Gasteiger partial charge in [-0.2, -0.15) is 0 Å². The van der Waals surface area contributed by atoms with Crippen molar-refractivity contribution in [2.24, 2.45) is 7.05 Å². The Bertz CT molecular complexity index is 1010. The molecular formula is C18H18N6O2. The Morgan fingerprint density at radius 2 is 1.69 bits per heavy atom. The smallest absolute Gasteiger partial charge is 0.282 e. The van der Waals surface area contributed by atoms with Gasteiger partial charge in [-0.05, 0) is 18.2 Å². The molecule has 1 aliphatic heterocycles. The van der Waals surface area contributed by atoms with Crippen LogP contribution in [0.3, 0.4) is 0 Å². The summed E-state index contributed by atoms with van der Waals surface area (Å²) in [5.74, 6) is 0.323. The number of anilines is 1. The van der Waals surface area contributed by atoms with Gasteiger partial charge < -0.3 is 14.4 Å². The van der Waals surface area contributed by atoms with Gasteiger partial charge in [0.15, 0.2) is 5.69 Å². The van der Waals surface area contributed by atoms with Gasteiger partial charge in [-0.1, -0.05) is 12.1 Å². The predicted molar refractivity (Wildman–Crippen MR) is 97.1 cm³/mol. The maximum absolute atomic E-state index is 12.9. The van der Waals surface area contributed by atoms with E-state index < -0.39 is 0 Å². The first-order valence-corrected chi connectivity index (χ1v) is 8.42. The summed E-state index contributed by atoms with van der Waals surface area (Å²) in [5, 5.41) is 0. The van der Waals surface area contributed by atoms with Gasteiger partial charge in [-0.3, -0.25) is 9.59 Å². The normalized spacial score (nSPS) is 14.7. The van der Waals surface area contributed by atoms with Gasteiger partial charge in [0.25, 0.3) is 11.5 Å². The first kappa shape index (κ1) is 16.2. The van der Waals surface area contributed by atoms with Crippen molar-refractivity contribution in [2.45, 2.75) is 0 Å². The van der Waals surface area contributed by atoms with Crippen LogP contribution in [0.5, 0.6) is 0 Å². The Hall–Kier alpha value is -3.29. The number of fused-ring (bicyclic) bond motifs is 1. The van der Waals surface area contributed by atoms with Crippen LogP contribution in [0.1, 0.15) is 10.5 Å². The van der Waals surface area contributed by atoms with Crippen molar-refractivity contribution in [2.75, 3.05) is 31.1 Å². The van der Waals surface area contributed by atoms with E-state index in [0.717, 1.165) is 0 Å². The molecule has 8 nitrogen and oxygen atoms in total. The SMILES string of the molecule is Cn1c(=O)c(C(=O)N2CCN(c3ncccn3)CC2)nc2ccccc21. The number of rotatable bonds is 2. The molecule has 1 amide bonds. The predicted octanol–water partition coefficient (Wildman–Crippen LogP) is 0.686. The topological polar surface area (TPSA) is 84.2 Å². The second kappa shape index (κ2) is 6.55. The van der Waals surface area contributed by atoms with E-state index in [-0.39, 0.29) is 17.2 Å². The number of aromatic nitrogens is 4. The lowest BCUT2D eigenvalue weighted by atomic mass is 10.2. The molecule has 0 spiro atoms. The van der Waals surface area contributed by atoms with Gasteiger partial charge in [0.1, 0.15) is 0 Å². The van der Waals surface area contributed by atoms with Crippen molar-refractivity contribution in [1.82, 2.24) is 24.4 Å². The van der Waals surface area contributed by atoms with E-state index in [2.05, 4.69) is 15.0 Å². The van der Waals surface area contributed by atoms with Crippen molar-refractivity contribution in [3.05, 3.63) is 58.8 Å². The molecule has 0 aliphatic carbocycles. The zero-order chi connectivity index (χ0) is 18.1. The lowest BCUT2D eigenvalue weighted by Gasteiger charge is -2.34. The molecular weight excluding hydrogens is 332 g/mol. The third-order valence-electron chi connectivity index (χ3n) is 4.59. The van der Waals surface area contributed by atoms with E-state index in [9.17, 15) is 9.59 Å². The summed E-state index contributed by atoms with van der Waals surface area (Å²) in [6.45, 7) is 2.22. The summed E-state index contributed by atoms with van der Waals surface area (Å²) >= 11 is 0. The van der Waals surface area contributed by atoms with Crippen LogP contribution < -0.4 is 10.5 Å². The van der Waals surface area contributed by atoms with Crippen LogP contribution >= 0.6 is 0 Å². The van der Waals surface area contributed by atoms with Crippen LogP contribution in [-0.4, -0.2) is 56.5 Å². The second-order valence-electron chi connectivity index (χ2n) is 6.14. The minimum atomic E-state index is -0.373. The quantitative estimate of drug-likeness (QED) is 0.676. The van der Waals surface area contributed by atoms with Gasteiger partial charge in [0.2, 0.25) is 5.95 Å². The first-order chi connectivity index (χ1) is 12.6. The van der Waals surface area contributed by atoms with Gasteiger partial charge in [-0.25, -0.2) is 15.0 Å². The van der Waals surface area contributed by atoms with E-state index in [1.54, 1.807) is 36.5 Å². The van der Waals surface area contributed by atoms with Crippen LogP contribution in [0.15, 0.2) is 47.5 Å². The van der Waals surface area contributed by atoms with Crippen LogP contribution in [0.25, 0.3) is 11.0 Å². The first-order valence-electron chi connectivity index (χ1n) is 8.42. The van der Waals surface area contributed by atoms with Crippen molar-refractivity contribution < 1.29 is 4.79 Å². The molecule has 4 rings (SSSR count). The zero-order valence-electron chi connectivity index (χ0n) is 14.4. The minimum absolute atomic E-state index is 0.0318. The molecule has 2 aromatic heterocycles. The molecule has 3 heterocycles. The molecule has 3 aromatic rings. The van der Waals surface area contributed by atoms with Crippen molar-refractivity contribution in [3.8, 4) is 0 Å². The average Bonchev–Trinajstić information content (AvgIpc) is 2.71. The molecule has 1 fully saturated rings. The van der Waals surface area contributed by atoms with Gasteiger partial charge in [0, 0.05) is 45.6 Å². The van der Waals surface area contributed by atoms with E-state index in [4.69, 9.17) is 0 Å². The second-order valence-corrected chi connectivity index (χ2v) is 6.14. The number of hydrogen-bond donors (Lipinski definition) is 0. The Balaban J connectivity index is 1.57. The van der Waals surface area contributed by atoms with Crippen LogP contribution in [-0.2, 0) is 7.05 Å². The molecule has 8 heteroatoms. The molecule has 1 aromatic carbocycles. The highest BCUT2D eigenvalue weighted by molar-refractivity contribution is 5.94. The molecule has 1 saturated heterocycles. The van der Waals surface area contributed by atoms with Gasteiger partial charge >= 0.3 is 0 Å². The molecule has 0 radical (unpaired) electrons. The largest absolute Gasteiger partial charge is 0.337 e. The van der Waals surface area contributed by atoms with Crippen LogP contribution in [0.4, 0.5) is 5.95 Å². The van der Waals surface area contributed by atoms with Crippen LogP contribution in [0.2, 0.25) is 0 Å². The highest BCUT2D eigenvalue weighted by Crippen LogP contribution is 2.13. The molecule has 0 unspecified atom stereocenters. The number of aryl methyl sites for hydroxylation is 1. The third-order valence-corrected chi connectivity index (χ3v) is 4.59. The van der Waals surface area contributed by atoms with Gasteiger partial charge in [0.05, 0.1) is 11.0 Å². The molecule has 0 bridgehead atoms. The van der Waals surface area contributed by atoms with Crippen molar-refractivity contribution in [1.29, 1.82) is 0 Å². The molecule has 0 saturated carbocycles. The molecule has 0 atom stereocenters. The Morgan fingerprint density at radius 3 is 2.42 bits per heavy atom. The summed E-state index contributed by atoms with van der Waals surface area (Å²) in [5.41, 5.74) is 0.938. The Kier molecular flexibility index (Phi) is 4.08. The molecule has 0 N–H and O–H groups in total. The summed E-state index contributed by atoms with van der Waals surface area (Å²) in [6, 6.07) is 9.07. The lowest BCUT2D eigenvalue weighted by Crippen LogP contribution is -2.50. The number of carbonyl (C=O) groups excluding carboxylic acids is 1. The average molecular weight is 350 g/mol. The number of nitrogens with zero attached hydrogens (tertiary/aromatic N) is 6. The fourth-order valence-electron chi connectivity index (χ4n) is 3.13. The molecule has 132 valence electrons.